The maximum Gasteiger partial charge on any atom is 0.261 e. The molecular formula is C29H26ClN3OS. The average molecular weight is 500 g/mol. The van der Waals surface area contributed by atoms with Crippen molar-refractivity contribution in [3.63, 3.8) is 0 Å². The largest absolute Gasteiger partial charge is 0.351 e. The molecule has 0 aliphatic heterocycles. The number of halogens is 1. The molecule has 0 atom stereocenters. The number of nitrogens with zero attached hydrogens (tertiary/aromatic N) is 2. The van der Waals surface area contributed by atoms with Gasteiger partial charge in [0.15, 0.2) is 0 Å². The summed E-state index contributed by atoms with van der Waals surface area (Å²) in [4.78, 5) is 14.7. The molecule has 0 saturated heterocycles. The molecule has 0 aliphatic rings. The monoisotopic (exact) mass is 499 g/mol. The van der Waals surface area contributed by atoms with Crippen LogP contribution in [0.15, 0.2) is 91.0 Å². The number of fused-ring (bicyclic) bond motifs is 1. The lowest BCUT2D eigenvalue weighted by molar-refractivity contribution is 0.0957. The van der Waals surface area contributed by atoms with Crippen molar-refractivity contribution in [2.45, 2.75) is 25.8 Å². The van der Waals surface area contributed by atoms with E-state index in [1.54, 1.807) is 0 Å². The van der Waals surface area contributed by atoms with Crippen LogP contribution < -0.4 is 5.32 Å². The fourth-order valence-corrected chi connectivity index (χ4v) is 5.71. The van der Waals surface area contributed by atoms with Gasteiger partial charge in [0.2, 0.25) is 0 Å². The normalized spacial score (nSPS) is 11.3. The van der Waals surface area contributed by atoms with Gasteiger partial charge in [-0.1, -0.05) is 90.5 Å². The standard InChI is InChI=1S/C29H26ClN3OS/c1-20-25-18-27(35-29(25)33(32-20)19-23-14-8-9-15-26(23)30)28(34)31-17-16-24(21-10-4-2-5-11-21)22-12-6-3-7-13-22/h2-15,18,24H,16-17,19H2,1H3,(H,31,34). The SMILES string of the molecule is Cc1nn(Cc2ccccc2Cl)c2sc(C(=O)NCCC(c3ccccc3)c3ccccc3)cc12. The first-order valence-electron chi connectivity index (χ1n) is 11.7. The van der Waals surface area contributed by atoms with Crippen molar-refractivity contribution in [2.75, 3.05) is 6.54 Å². The Bertz CT molecular complexity index is 1400. The fraction of sp³-hybridized carbons (Fsp3) is 0.172. The summed E-state index contributed by atoms with van der Waals surface area (Å²) in [7, 11) is 0. The van der Waals surface area contributed by atoms with Gasteiger partial charge in [-0.3, -0.25) is 9.48 Å². The summed E-state index contributed by atoms with van der Waals surface area (Å²) < 4.78 is 1.94. The Labute approximate surface area is 214 Å². The van der Waals surface area contributed by atoms with Gasteiger partial charge in [0, 0.05) is 22.9 Å². The van der Waals surface area contributed by atoms with Gasteiger partial charge >= 0.3 is 0 Å². The summed E-state index contributed by atoms with van der Waals surface area (Å²) in [5.41, 5.74) is 4.43. The summed E-state index contributed by atoms with van der Waals surface area (Å²) in [6.45, 7) is 3.14. The zero-order chi connectivity index (χ0) is 24.2. The summed E-state index contributed by atoms with van der Waals surface area (Å²) in [5, 5.41) is 9.54. The second kappa shape index (κ2) is 10.5. The number of hydrogen-bond donors (Lipinski definition) is 1. The third-order valence-corrected chi connectivity index (χ3v) is 7.75. The van der Waals surface area contributed by atoms with Gasteiger partial charge in [-0.15, -0.1) is 11.3 Å². The summed E-state index contributed by atoms with van der Waals surface area (Å²) in [6.07, 6.45) is 0.823. The number of amides is 1. The molecular weight excluding hydrogens is 474 g/mol. The number of nitrogens with one attached hydrogen (secondary N) is 1. The molecule has 5 aromatic rings. The quantitative estimate of drug-likeness (QED) is 0.248. The van der Waals surface area contributed by atoms with Gasteiger partial charge in [-0.05, 0) is 42.2 Å². The molecule has 1 amide bonds. The van der Waals surface area contributed by atoms with Crippen LogP contribution in [0.3, 0.4) is 0 Å². The van der Waals surface area contributed by atoms with Crippen LogP contribution in [0.5, 0.6) is 0 Å². The van der Waals surface area contributed by atoms with Crippen molar-refractivity contribution in [3.05, 3.63) is 123 Å². The molecule has 176 valence electrons. The number of hydrogen-bond acceptors (Lipinski definition) is 3. The maximum absolute atomic E-state index is 13.1. The first-order valence-corrected chi connectivity index (χ1v) is 12.9. The van der Waals surface area contributed by atoms with E-state index in [4.69, 9.17) is 11.6 Å². The molecule has 0 spiro atoms. The van der Waals surface area contributed by atoms with Crippen LogP contribution >= 0.6 is 22.9 Å². The second-order valence-electron chi connectivity index (χ2n) is 8.58. The van der Waals surface area contributed by atoms with E-state index in [0.29, 0.717) is 18.0 Å². The van der Waals surface area contributed by atoms with Gasteiger partial charge in [0.05, 0.1) is 17.1 Å². The van der Waals surface area contributed by atoms with Crippen LogP contribution in [-0.4, -0.2) is 22.2 Å². The Morgan fingerprint density at radius 1 is 0.971 bits per heavy atom. The highest BCUT2D eigenvalue weighted by atomic mass is 35.5. The highest BCUT2D eigenvalue weighted by molar-refractivity contribution is 7.20. The number of rotatable bonds is 8. The minimum atomic E-state index is -0.0465. The van der Waals surface area contributed by atoms with Gasteiger partial charge < -0.3 is 5.32 Å². The van der Waals surface area contributed by atoms with E-state index >= 15 is 0 Å². The average Bonchev–Trinajstić information content (AvgIpc) is 3.45. The van der Waals surface area contributed by atoms with Crippen LogP contribution in [0.2, 0.25) is 5.02 Å². The van der Waals surface area contributed by atoms with Gasteiger partial charge in [0.25, 0.3) is 5.91 Å². The van der Waals surface area contributed by atoms with E-state index in [-0.39, 0.29) is 11.8 Å². The summed E-state index contributed by atoms with van der Waals surface area (Å²) >= 11 is 7.83. The number of carbonyl (C=O) groups is 1. The smallest absolute Gasteiger partial charge is 0.261 e. The van der Waals surface area contributed by atoms with Gasteiger partial charge in [0.1, 0.15) is 4.83 Å². The molecule has 2 aromatic heterocycles. The molecule has 5 rings (SSSR count). The topological polar surface area (TPSA) is 46.9 Å². The molecule has 0 fully saturated rings. The van der Waals surface area contributed by atoms with Crippen molar-refractivity contribution in [2.24, 2.45) is 0 Å². The molecule has 0 unspecified atom stereocenters. The van der Waals surface area contributed by atoms with Gasteiger partial charge in [-0.2, -0.15) is 5.10 Å². The molecule has 2 heterocycles. The van der Waals surface area contributed by atoms with Crippen LogP contribution in [0.1, 0.15) is 44.4 Å². The molecule has 6 heteroatoms. The predicted molar refractivity (Wildman–Crippen MR) is 145 cm³/mol. The Balaban J connectivity index is 1.30. The minimum Gasteiger partial charge on any atom is -0.351 e. The third-order valence-electron chi connectivity index (χ3n) is 6.23. The Hall–Kier alpha value is -3.41. The molecule has 4 nitrogen and oxygen atoms in total. The van der Waals surface area contributed by atoms with E-state index in [1.807, 2.05) is 54.1 Å². The zero-order valence-electron chi connectivity index (χ0n) is 19.4. The maximum atomic E-state index is 13.1. The molecule has 0 bridgehead atoms. The molecule has 0 aliphatic carbocycles. The van der Waals surface area contributed by atoms with Crippen LogP contribution in [-0.2, 0) is 6.54 Å². The van der Waals surface area contributed by atoms with E-state index in [2.05, 4.69) is 58.9 Å². The highest BCUT2D eigenvalue weighted by Crippen LogP contribution is 2.30. The van der Waals surface area contributed by atoms with Crippen LogP contribution in [0.4, 0.5) is 0 Å². The molecule has 35 heavy (non-hydrogen) atoms. The van der Waals surface area contributed by atoms with E-state index < -0.39 is 0 Å². The first kappa shape index (κ1) is 23.3. The molecule has 3 aromatic carbocycles. The fourth-order valence-electron chi connectivity index (χ4n) is 4.43. The first-order chi connectivity index (χ1) is 17.1. The van der Waals surface area contributed by atoms with E-state index in [0.717, 1.165) is 32.9 Å². The van der Waals surface area contributed by atoms with Crippen molar-refractivity contribution in [1.82, 2.24) is 15.1 Å². The number of benzene rings is 3. The number of carbonyl (C=O) groups excluding carboxylic acids is 1. The Morgan fingerprint density at radius 2 is 1.60 bits per heavy atom. The van der Waals surface area contributed by atoms with Crippen molar-refractivity contribution < 1.29 is 4.79 Å². The van der Waals surface area contributed by atoms with Crippen molar-refractivity contribution >= 4 is 39.1 Å². The van der Waals surface area contributed by atoms with Crippen molar-refractivity contribution in [3.8, 4) is 0 Å². The van der Waals surface area contributed by atoms with E-state index in [1.165, 1.54) is 22.5 Å². The number of thiophene rings is 1. The Kier molecular flexibility index (Phi) is 6.98. The summed E-state index contributed by atoms with van der Waals surface area (Å²) in [5.74, 6) is 0.182. The molecule has 1 N–H and O–H groups in total. The number of aryl methyl sites for hydroxylation is 1. The minimum absolute atomic E-state index is 0.0465. The number of aromatic nitrogens is 2. The highest BCUT2D eigenvalue weighted by Gasteiger charge is 2.18. The lowest BCUT2D eigenvalue weighted by atomic mass is 9.88. The molecule has 0 saturated carbocycles. The van der Waals surface area contributed by atoms with Crippen LogP contribution in [0.25, 0.3) is 10.2 Å². The lowest BCUT2D eigenvalue weighted by Gasteiger charge is -2.18. The van der Waals surface area contributed by atoms with E-state index in [9.17, 15) is 4.79 Å². The third kappa shape index (κ3) is 5.16. The van der Waals surface area contributed by atoms with Crippen LogP contribution in [0, 0.1) is 6.92 Å². The molecule has 0 radical (unpaired) electrons. The Morgan fingerprint density at radius 3 is 2.26 bits per heavy atom. The predicted octanol–water partition coefficient (Wildman–Crippen LogP) is 7.06. The van der Waals surface area contributed by atoms with Gasteiger partial charge in [-0.25, -0.2) is 0 Å². The second-order valence-corrected chi connectivity index (χ2v) is 10.0. The summed E-state index contributed by atoms with van der Waals surface area (Å²) in [6, 6.07) is 30.7. The zero-order valence-corrected chi connectivity index (χ0v) is 21.0. The lowest BCUT2D eigenvalue weighted by Crippen LogP contribution is -2.25. The van der Waals surface area contributed by atoms with Crippen molar-refractivity contribution in [1.29, 1.82) is 0 Å².